The molecule has 1 aliphatic carbocycles. The first-order valence-electron chi connectivity index (χ1n) is 2.55. The van der Waals surface area contributed by atoms with Gasteiger partial charge in [0.05, 0.1) is 6.04 Å². The molecule has 1 atom stereocenters. The smallest absolute Gasteiger partial charge is 0.136 e. The van der Waals surface area contributed by atoms with Gasteiger partial charge in [0, 0.05) is 0 Å². The highest BCUT2D eigenvalue weighted by Crippen LogP contribution is 2.30. The molecule has 1 saturated carbocycles. The van der Waals surface area contributed by atoms with E-state index in [1.165, 1.54) is 0 Å². The topological polar surface area (TPSA) is 43.1 Å². The lowest BCUT2D eigenvalue weighted by Gasteiger charge is -1.94. The van der Waals surface area contributed by atoms with Crippen molar-refractivity contribution in [2.24, 2.45) is 11.7 Å². The predicted octanol–water partition coefficient (Wildman–Crippen LogP) is -0.0774. The van der Waals surface area contributed by atoms with E-state index in [1.54, 1.807) is 0 Å². The highest BCUT2D eigenvalue weighted by molar-refractivity contribution is 5.58. The number of rotatable bonds is 2. The summed E-state index contributed by atoms with van der Waals surface area (Å²) in [5, 5.41) is 0. The molecular weight excluding hydrogens is 90.1 g/mol. The van der Waals surface area contributed by atoms with Gasteiger partial charge in [-0.15, -0.1) is 0 Å². The molecular formula is C5H9NO. The van der Waals surface area contributed by atoms with Gasteiger partial charge in [-0.1, -0.05) is 0 Å². The van der Waals surface area contributed by atoms with Gasteiger partial charge in [-0.2, -0.15) is 0 Å². The summed E-state index contributed by atoms with van der Waals surface area (Å²) in [5.41, 5.74) is 5.31. The van der Waals surface area contributed by atoms with E-state index in [-0.39, 0.29) is 6.04 Å². The van der Waals surface area contributed by atoms with E-state index in [1.807, 2.05) is 0 Å². The Hall–Kier alpha value is -0.370. The van der Waals surface area contributed by atoms with Gasteiger partial charge in [0.25, 0.3) is 0 Å². The maximum Gasteiger partial charge on any atom is 0.136 e. The minimum atomic E-state index is -0.167. The molecule has 0 unspecified atom stereocenters. The van der Waals surface area contributed by atoms with E-state index in [2.05, 4.69) is 0 Å². The number of carbonyl (C=O) groups is 1. The predicted molar refractivity (Wildman–Crippen MR) is 26.8 cm³/mol. The van der Waals surface area contributed by atoms with E-state index in [4.69, 9.17) is 5.73 Å². The fourth-order valence-corrected chi connectivity index (χ4v) is 0.592. The maximum absolute atomic E-state index is 9.86. The molecule has 1 fully saturated rings. The van der Waals surface area contributed by atoms with Crippen LogP contribution in [0.3, 0.4) is 0 Å². The van der Waals surface area contributed by atoms with Crippen LogP contribution in [0.25, 0.3) is 0 Å². The Balaban J connectivity index is 2.22. The second-order valence-corrected chi connectivity index (χ2v) is 2.05. The van der Waals surface area contributed by atoms with Gasteiger partial charge in [0.15, 0.2) is 0 Å². The summed E-state index contributed by atoms with van der Waals surface area (Å²) in [6.07, 6.45) is 3.14. The molecule has 0 aliphatic heterocycles. The van der Waals surface area contributed by atoms with Gasteiger partial charge in [0.2, 0.25) is 0 Å². The Bertz CT molecular complexity index is 78.1. The van der Waals surface area contributed by atoms with Crippen LogP contribution in [0.5, 0.6) is 0 Å². The van der Waals surface area contributed by atoms with Crippen molar-refractivity contribution in [1.82, 2.24) is 0 Å². The molecule has 0 saturated heterocycles. The van der Waals surface area contributed by atoms with Crippen molar-refractivity contribution in [3.63, 3.8) is 0 Å². The van der Waals surface area contributed by atoms with Crippen molar-refractivity contribution in [3.8, 4) is 0 Å². The van der Waals surface area contributed by atoms with E-state index in [0.29, 0.717) is 5.92 Å². The molecule has 0 aromatic heterocycles. The molecule has 40 valence electrons. The average Bonchev–Trinajstić information content (AvgIpc) is 2.44. The van der Waals surface area contributed by atoms with Crippen molar-refractivity contribution in [2.45, 2.75) is 18.9 Å². The number of aldehydes is 1. The standard InChI is InChI=1S/C5H9NO/c6-5(3-7)4-1-2-4/h3-5H,1-2,6H2/t5-/m0/s1. The Morgan fingerprint density at radius 2 is 2.29 bits per heavy atom. The van der Waals surface area contributed by atoms with Crippen molar-refractivity contribution in [2.75, 3.05) is 0 Å². The molecule has 0 radical (unpaired) electrons. The molecule has 0 amide bonds. The maximum atomic E-state index is 9.86. The summed E-state index contributed by atoms with van der Waals surface area (Å²) < 4.78 is 0. The Kier molecular flexibility index (Phi) is 1.11. The Morgan fingerprint density at radius 1 is 1.71 bits per heavy atom. The van der Waals surface area contributed by atoms with Crippen LogP contribution in [-0.2, 0) is 4.79 Å². The largest absolute Gasteiger partial charge is 0.322 e. The third kappa shape index (κ3) is 0.996. The quantitative estimate of drug-likeness (QED) is 0.492. The number of nitrogens with two attached hydrogens (primary N) is 1. The fraction of sp³-hybridized carbons (Fsp3) is 0.800. The molecule has 0 heterocycles. The summed E-state index contributed by atoms with van der Waals surface area (Å²) >= 11 is 0. The van der Waals surface area contributed by atoms with Crippen LogP contribution in [0.1, 0.15) is 12.8 Å². The summed E-state index contributed by atoms with van der Waals surface area (Å²) in [7, 11) is 0. The molecule has 2 nitrogen and oxygen atoms in total. The lowest BCUT2D eigenvalue weighted by atomic mass is 10.2. The third-order valence-electron chi connectivity index (χ3n) is 1.32. The molecule has 2 heteroatoms. The zero-order chi connectivity index (χ0) is 5.28. The minimum absolute atomic E-state index is 0.167. The van der Waals surface area contributed by atoms with Crippen LogP contribution in [0.15, 0.2) is 0 Å². The first-order chi connectivity index (χ1) is 3.34. The van der Waals surface area contributed by atoms with Crippen molar-refractivity contribution >= 4 is 6.29 Å². The summed E-state index contributed by atoms with van der Waals surface area (Å²) in [5.74, 6) is 0.525. The van der Waals surface area contributed by atoms with Crippen LogP contribution >= 0.6 is 0 Å². The van der Waals surface area contributed by atoms with Gasteiger partial charge in [-0.3, -0.25) is 0 Å². The van der Waals surface area contributed by atoms with Gasteiger partial charge in [0.1, 0.15) is 6.29 Å². The van der Waals surface area contributed by atoms with Crippen LogP contribution in [0, 0.1) is 5.92 Å². The average molecular weight is 99.1 g/mol. The molecule has 0 aromatic carbocycles. The van der Waals surface area contributed by atoms with E-state index in [9.17, 15) is 4.79 Å². The van der Waals surface area contributed by atoms with E-state index in [0.717, 1.165) is 19.1 Å². The zero-order valence-electron chi connectivity index (χ0n) is 4.13. The second-order valence-electron chi connectivity index (χ2n) is 2.05. The first kappa shape index (κ1) is 4.78. The van der Waals surface area contributed by atoms with Crippen LogP contribution < -0.4 is 5.73 Å². The van der Waals surface area contributed by atoms with E-state index < -0.39 is 0 Å². The van der Waals surface area contributed by atoms with Crippen molar-refractivity contribution in [3.05, 3.63) is 0 Å². The highest BCUT2D eigenvalue weighted by Gasteiger charge is 2.27. The second kappa shape index (κ2) is 1.62. The summed E-state index contributed by atoms with van der Waals surface area (Å²) in [6.45, 7) is 0. The van der Waals surface area contributed by atoms with Gasteiger partial charge >= 0.3 is 0 Å². The highest BCUT2D eigenvalue weighted by atomic mass is 16.1. The zero-order valence-corrected chi connectivity index (χ0v) is 4.13. The molecule has 7 heavy (non-hydrogen) atoms. The Labute approximate surface area is 42.7 Å². The van der Waals surface area contributed by atoms with Gasteiger partial charge in [-0.25, -0.2) is 0 Å². The molecule has 1 aliphatic rings. The number of hydrogen-bond donors (Lipinski definition) is 1. The SMILES string of the molecule is N[C@@H](C=O)C1CC1. The van der Waals surface area contributed by atoms with E-state index >= 15 is 0 Å². The van der Waals surface area contributed by atoms with Crippen LogP contribution in [0.2, 0.25) is 0 Å². The number of hydrogen-bond acceptors (Lipinski definition) is 2. The lowest BCUT2D eigenvalue weighted by Crippen LogP contribution is -2.23. The molecule has 1 rings (SSSR count). The fourth-order valence-electron chi connectivity index (χ4n) is 0.592. The summed E-state index contributed by atoms with van der Waals surface area (Å²) in [4.78, 5) is 9.86. The van der Waals surface area contributed by atoms with Gasteiger partial charge < -0.3 is 10.5 Å². The van der Waals surface area contributed by atoms with Crippen LogP contribution in [0.4, 0.5) is 0 Å². The summed E-state index contributed by atoms with van der Waals surface area (Å²) in [6, 6.07) is -0.167. The normalized spacial score (nSPS) is 24.1. The monoisotopic (exact) mass is 99.1 g/mol. The van der Waals surface area contributed by atoms with Crippen LogP contribution in [-0.4, -0.2) is 12.3 Å². The molecule has 0 bridgehead atoms. The molecule has 2 N–H and O–H groups in total. The molecule has 0 aromatic rings. The first-order valence-corrected chi connectivity index (χ1v) is 2.55. The lowest BCUT2D eigenvalue weighted by molar-refractivity contribution is -0.109. The molecule has 0 spiro atoms. The van der Waals surface area contributed by atoms with Crippen molar-refractivity contribution in [1.29, 1.82) is 0 Å². The van der Waals surface area contributed by atoms with Gasteiger partial charge in [-0.05, 0) is 18.8 Å². The minimum Gasteiger partial charge on any atom is -0.322 e. The third-order valence-corrected chi connectivity index (χ3v) is 1.32. The Morgan fingerprint density at radius 3 is 2.43 bits per heavy atom. The number of carbonyl (C=O) groups excluding carboxylic acids is 1. The van der Waals surface area contributed by atoms with Crippen molar-refractivity contribution < 1.29 is 4.79 Å².